The molecule has 1 saturated carbocycles. The Bertz CT molecular complexity index is 121. The molecule has 0 radical (unpaired) electrons. The van der Waals surface area contributed by atoms with Crippen LogP contribution >= 0.6 is 12.6 Å². The molecule has 1 aliphatic carbocycles. The Morgan fingerprint density at radius 1 is 1.31 bits per heavy atom. The summed E-state index contributed by atoms with van der Waals surface area (Å²) >= 11 is 4.19. The normalized spacial score (nSPS) is 21.7. The van der Waals surface area contributed by atoms with Crippen molar-refractivity contribution >= 4 is 12.6 Å². The maximum Gasteiger partial charge on any atom is 0.00398 e. The van der Waals surface area contributed by atoms with E-state index in [4.69, 9.17) is 0 Å². The van der Waals surface area contributed by atoms with Crippen LogP contribution in [0.25, 0.3) is 0 Å². The summed E-state index contributed by atoms with van der Waals surface area (Å²) < 4.78 is 0. The van der Waals surface area contributed by atoms with Crippen LogP contribution in [0.1, 0.15) is 39.0 Å². The second-order valence-corrected chi connectivity index (χ2v) is 4.75. The molecule has 1 N–H and O–H groups in total. The van der Waals surface area contributed by atoms with Gasteiger partial charge in [0.25, 0.3) is 0 Å². The Labute approximate surface area is 88.1 Å². The highest BCUT2D eigenvalue weighted by Gasteiger charge is 2.19. The molecule has 1 nitrogen and oxygen atoms in total. The molecule has 0 aliphatic heterocycles. The molecule has 0 heterocycles. The van der Waals surface area contributed by atoms with E-state index in [1.54, 1.807) is 0 Å². The van der Waals surface area contributed by atoms with Crippen molar-refractivity contribution in [3.63, 3.8) is 0 Å². The zero-order chi connectivity index (χ0) is 9.52. The first-order chi connectivity index (χ1) is 6.34. The van der Waals surface area contributed by atoms with E-state index in [2.05, 4.69) is 24.9 Å². The van der Waals surface area contributed by atoms with Crippen LogP contribution in [0.2, 0.25) is 0 Å². The summed E-state index contributed by atoms with van der Waals surface area (Å²) in [5.74, 6) is 2.80. The van der Waals surface area contributed by atoms with E-state index < -0.39 is 0 Å². The van der Waals surface area contributed by atoms with E-state index in [-0.39, 0.29) is 0 Å². The molecule has 0 saturated heterocycles. The molecular formula is C11H23NS. The lowest BCUT2D eigenvalue weighted by Gasteiger charge is -2.27. The molecule has 1 unspecified atom stereocenters. The van der Waals surface area contributed by atoms with Crippen molar-refractivity contribution in [1.29, 1.82) is 0 Å². The van der Waals surface area contributed by atoms with Gasteiger partial charge in [-0.2, -0.15) is 12.6 Å². The zero-order valence-corrected chi connectivity index (χ0v) is 9.65. The summed E-state index contributed by atoms with van der Waals surface area (Å²) in [7, 11) is 0. The molecule has 13 heavy (non-hydrogen) atoms. The summed E-state index contributed by atoms with van der Waals surface area (Å²) in [6.45, 7) is 4.63. The third kappa shape index (κ3) is 4.37. The molecule has 0 aromatic heterocycles. The fourth-order valence-corrected chi connectivity index (χ4v) is 2.44. The van der Waals surface area contributed by atoms with Gasteiger partial charge in [0, 0.05) is 12.3 Å². The lowest BCUT2D eigenvalue weighted by Crippen LogP contribution is -2.28. The van der Waals surface area contributed by atoms with Gasteiger partial charge in [-0.15, -0.1) is 0 Å². The lowest BCUT2D eigenvalue weighted by atomic mass is 9.81. The second kappa shape index (κ2) is 6.72. The Kier molecular flexibility index (Phi) is 5.88. The van der Waals surface area contributed by atoms with Crippen LogP contribution in [0.4, 0.5) is 0 Å². The summed E-state index contributed by atoms with van der Waals surface area (Å²) in [6.07, 6.45) is 7.31. The Balaban J connectivity index is 2.09. The van der Waals surface area contributed by atoms with Gasteiger partial charge >= 0.3 is 0 Å². The number of hydrogen-bond donors (Lipinski definition) is 2. The van der Waals surface area contributed by atoms with Gasteiger partial charge in [0.15, 0.2) is 0 Å². The van der Waals surface area contributed by atoms with Crippen molar-refractivity contribution in [3.05, 3.63) is 0 Å². The zero-order valence-electron chi connectivity index (χ0n) is 8.76. The lowest BCUT2D eigenvalue weighted by molar-refractivity contribution is 0.258. The van der Waals surface area contributed by atoms with Gasteiger partial charge in [0.1, 0.15) is 0 Å². The molecule has 0 bridgehead atoms. The molecule has 1 atom stereocenters. The predicted octanol–water partition coefficient (Wildman–Crippen LogP) is 2.72. The molecule has 1 aliphatic rings. The van der Waals surface area contributed by atoms with Crippen molar-refractivity contribution in [2.45, 2.75) is 39.0 Å². The maximum atomic E-state index is 4.19. The van der Waals surface area contributed by atoms with Gasteiger partial charge in [-0.1, -0.05) is 39.0 Å². The van der Waals surface area contributed by atoms with Crippen LogP contribution in [-0.2, 0) is 0 Å². The first kappa shape index (κ1) is 11.4. The first-order valence-electron chi connectivity index (χ1n) is 5.66. The predicted molar refractivity (Wildman–Crippen MR) is 62.5 cm³/mol. The minimum Gasteiger partial charge on any atom is -0.316 e. The SMILES string of the molecule is CC(CNCCS)C1CCCCC1. The first-order valence-corrected chi connectivity index (χ1v) is 6.29. The second-order valence-electron chi connectivity index (χ2n) is 4.30. The molecule has 1 fully saturated rings. The van der Waals surface area contributed by atoms with Crippen molar-refractivity contribution < 1.29 is 0 Å². The van der Waals surface area contributed by atoms with Gasteiger partial charge in [0.05, 0.1) is 0 Å². The highest BCUT2D eigenvalue weighted by molar-refractivity contribution is 7.80. The Morgan fingerprint density at radius 2 is 2.00 bits per heavy atom. The van der Waals surface area contributed by atoms with E-state index in [9.17, 15) is 0 Å². The van der Waals surface area contributed by atoms with Gasteiger partial charge < -0.3 is 5.32 Å². The standard InChI is InChI=1S/C11H23NS/c1-10(9-12-7-8-13)11-5-3-2-4-6-11/h10-13H,2-9H2,1H3. The smallest absolute Gasteiger partial charge is 0.00398 e. The summed E-state index contributed by atoms with van der Waals surface area (Å²) in [5, 5.41) is 3.46. The van der Waals surface area contributed by atoms with Gasteiger partial charge in [-0.25, -0.2) is 0 Å². The highest BCUT2D eigenvalue weighted by atomic mass is 32.1. The highest BCUT2D eigenvalue weighted by Crippen LogP contribution is 2.29. The van der Waals surface area contributed by atoms with Crippen LogP contribution in [0.5, 0.6) is 0 Å². The van der Waals surface area contributed by atoms with Gasteiger partial charge in [-0.3, -0.25) is 0 Å². The third-order valence-corrected chi connectivity index (χ3v) is 3.43. The van der Waals surface area contributed by atoms with E-state index in [1.165, 1.54) is 38.6 Å². The topological polar surface area (TPSA) is 12.0 Å². The van der Waals surface area contributed by atoms with Crippen LogP contribution in [0.3, 0.4) is 0 Å². The number of hydrogen-bond acceptors (Lipinski definition) is 2. The maximum absolute atomic E-state index is 4.19. The Morgan fingerprint density at radius 3 is 2.62 bits per heavy atom. The van der Waals surface area contributed by atoms with Crippen LogP contribution < -0.4 is 5.32 Å². The van der Waals surface area contributed by atoms with Gasteiger partial charge in [-0.05, 0) is 18.4 Å². The Hall–Kier alpha value is 0.310. The van der Waals surface area contributed by atoms with Crippen LogP contribution in [-0.4, -0.2) is 18.8 Å². The third-order valence-electron chi connectivity index (χ3n) is 3.21. The van der Waals surface area contributed by atoms with Crippen molar-refractivity contribution in [2.75, 3.05) is 18.8 Å². The van der Waals surface area contributed by atoms with E-state index >= 15 is 0 Å². The average molecular weight is 201 g/mol. The van der Waals surface area contributed by atoms with E-state index in [0.717, 1.165) is 24.1 Å². The molecule has 2 heteroatoms. The number of rotatable bonds is 5. The van der Waals surface area contributed by atoms with Crippen molar-refractivity contribution in [1.82, 2.24) is 5.32 Å². The largest absolute Gasteiger partial charge is 0.316 e. The molecule has 1 rings (SSSR count). The monoisotopic (exact) mass is 201 g/mol. The fourth-order valence-electron chi connectivity index (χ4n) is 2.28. The van der Waals surface area contributed by atoms with Gasteiger partial charge in [0.2, 0.25) is 0 Å². The molecule has 0 spiro atoms. The van der Waals surface area contributed by atoms with E-state index in [1.807, 2.05) is 0 Å². The molecular weight excluding hydrogens is 178 g/mol. The number of thiol groups is 1. The molecule has 0 aromatic rings. The van der Waals surface area contributed by atoms with Crippen molar-refractivity contribution in [3.8, 4) is 0 Å². The average Bonchev–Trinajstić information content (AvgIpc) is 2.19. The summed E-state index contributed by atoms with van der Waals surface area (Å²) in [5.41, 5.74) is 0. The number of nitrogens with one attached hydrogen (secondary N) is 1. The van der Waals surface area contributed by atoms with E-state index in [0.29, 0.717) is 0 Å². The molecule has 0 aromatic carbocycles. The molecule has 0 amide bonds. The van der Waals surface area contributed by atoms with Crippen LogP contribution in [0.15, 0.2) is 0 Å². The molecule has 78 valence electrons. The summed E-state index contributed by atoms with van der Waals surface area (Å²) in [4.78, 5) is 0. The minimum atomic E-state index is 0.861. The fraction of sp³-hybridized carbons (Fsp3) is 1.00. The van der Waals surface area contributed by atoms with Crippen molar-refractivity contribution in [2.24, 2.45) is 11.8 Å². The minimum absolute atomic E-state index is 0.861. The summed E-state index contributed by atoms with van der Waals surface area (Å²) in [6, 6.07) is 0. The quantitative estimate of drug-likeness (QED) is 0.515. The van der Waals surface area contributed by atoms with Crippen LogP contribution in [0, 0.1) is 11.8 Å².